The van der Waals surface area contributed by atoms with Crippen LogP contribution in [0.2, 0.25) is 10.0 Å². The molecule has 0 heterocycles. The molecule has 0 fully saturated rings. The molecule has 0 unspecified atom stereocenters. The third kappa shape index (κ3) is 2.65. The fourth-order valence-electron chi connectivity index (χ4n) is 1.18. The molecule has 0 aromatic heterocycles. The Hall–Kier alpha value is -1.18. The quantitative estimate of drug-likeness (QED) is 0.732. The van der Waals surface area contributed by atoms with Gasteiger partial charge in [-0.2, -0.15) is 0 Å². The number of para-hydroxylation sites is 1. The van der Waals surface area contributed by atoms with Gasteiger partial charge in [0, 0.05) is 5.02 Å². The van der Waals surface area contributed by atoms with Gasteiger partial charge < -0.3 is 4.74 Å². The topological polar surface area (TPSA) is 9.23 Å². The molecule has 0 radical (unpaired) electrons. The van der Waals surface area contributed by atoms with Crippen LogP contribution in [0.4, 0.5) is 0 Å². The van der Waals surface area contributed by atoms with Gasteiger partial charge in [0.1, 0.15) is 11.5 Å². The average Bonchev–Trinajstić information content (AvgIpc) is 2.22. The summed E-state index contributed by atoms with van der Waals surface area (Å²) < 4.78 is 5.57. The first kappa shape index (κ1) is 10.3. The van der Waals surface area contributed by atoms with Gasteiger partial charge in [-0.05, 0) is 30.3 Å². The third-order valence-electron chi connectivity index (χ3n) is 1.86. The first-order valence-electron chi connectivity index (χ1n) is 4.43. The summed E-state index contributed by atoms with van der Waals surface area (Å²) in [6, 6.07) is 14.5. The van der Waals surface area contributed by atoms with Gasteiger partial charge in [-0.1, -0.05) is 41.4 Å². The number of ether oxygens (including phenoxy) is 1. The fourth-order valence-corrected chi connectivity index (χ4v) is 1.54. The van der Waals surface area contributed by atoms with Crippen molar-refractivity contribution in [2.45, 2.75) is 0 Å². The number of hydrogen-bond acceptors (Lipinski definition) is 1. The van der Waals surface area contributed by atoms with Crippen molar-refractivity contribution in [2.75, 3.05) is 0 Å². The maximum absolute atomic E-state index is 5.96. The summed E-state index contributed by atoms with van der Waals surface area (Å²) in [4.78, 5) is 0. The molecule has 3 heteroatoms. The lowest BCUT2D eigenvalue weighted by Gasteiger charge is -2.06. The molecule has 0 aliphatic heterocycles. The van der Waals surface area contributed by atoms with Crippen LogP contribution >= 0.6 is 23.2 Å². The van der Waals surface area contributed by atoms with Crippen molar-refractivity contribution < 1.29 is 4.74 Å². The van der Waals surface area contributed by atoms with Gasteiger partial charge >= 0.3 is 0 Å². The summed E-state index contributed by atoms with van der Waals surface area (Å²) in [5.41, 5.74) is 0. The van der Waals surface area contributed by atoms with Gasteiger partial charge in [-0.15, -0.1) is 0 Å². The van der Waals surface area contributed by atoms with E-state index in [0.29, 0.717) is 21.5 Å². The van der Waals surface area contributed by atoms with E-state index in [2.05, 4.69) is 0 Å². The van der Waals surface area contributed by atoms with Crippen molar-refractivity contribution in [3.05, 3.63) is 58.6 Å². The van der Waals surface area contributed by atoms with Gasteiger partial charge in [0.15, 0.2) is 0 Å². The average molecular weight is 239 g/mol. The van der Waals surface area contributed by atoms with Gasteiger partial charge in [0.05, 0.1) is 5.02 Å². The van der Waals surface area contributed by atoms with Gasteiger partial charge in [-0.25, -0.2) is 0 Å². The van der Waals surface area contributed by atoms with Crippen LogP contribution in [-0.4, -0.2) is 0 Å². The monoisotopic (exact) mass is 238 g/mol. The van der Waals surface area contributed by atoms with E-state index in [1.54, 1.807) is 18.2 Å². The molecule has 2 aromatic rings. The van der Waals surface area contributed by atoms with E-state index in [0.717, 1.165) is 0 Å². The van der Waals surface area contributed by atoms with Crippen molar-refractivity contribution >= 4 is 23.2 Å². The Morgan fingerprint density at radius 3 is 2.40 bits per heavy atom. The lowest BCUT2D eigenvalue weighted by molar-refractivity contribution is 0.483. The van der Waals surface area contributed by atoms with Crippen LogP contribution in [-0.2, 0) is 0 Å². The second-order valence-electron chi connectivity index (χ2n) is 2.99. The predicted molar refractivity (Wildman–Crippen MR) is 63.0 cm³/mol. The molecule has 0 N–H and O–H groups in total. The van der Waals surface area contributed by atoms with Crippen LogP contribution < -0.4 is 4.74 Å². The molecule has 2 rings (SSSR count). The molecule has 76 valence electrons. The standard InChI is InChI=1S/C12H8Cl2O/c13-9-4-3-5-10(8-9)15-12-7-2-1-6-11(12)14/h1-8H. The Morgan fingerprint density at radius 2 is 1.67 bits per heavy atom. The van der Waals surface area contributed by atoms with E-state index >= 15 is 0 Å². The Kier molecular flexibility index (Phi) is 3.14. The zero-order valence-electron chi connectivity index (χ0n) is 7.78. The highest BCUT2D eigenvalue weighted by Gasteiger charge is 2.01. The summed E-state index contributed by atoms with van der Waals surface area (Å²) >= 11 is 11.8. The molecule has 0 spiro atoms. The molecule has 0 amide bonds. The van der Waals surface area contributed by atoms with Crippen LogP contribution in [0.5, 0.6) is 11.5 Å². The lowest BCUT2D eigenvalue weighted by Crippen LogP contribution is -1.84. The molecule has 1 nitrogen and oxygen atoms in total. The molecule has 0 aliphatic carbocycles. The van der Waals surface area contributed by atoms with Crippen molar-refractivity contribution in [3.8, 4) is 11.5 Å². The molecule has 2 aromatic carbocycles. The molecule has 0 aliphatic rings. The van der Waals surface area contributed by atoms with E-state index in [1.165, 1.54) is 0 Å². The summed E-state index contributed by atoms with van der Waals surface area (Å²) in [6.07, 6.45) is 0. The fraction of sp³-hybridized carbons (Fsp3) is 0. The minimum absolute atomic E-state index is 0.581. The van der Waals surface area contributed by atoms with Gasteiger partial charge in [-0.3, -0.25) is 0 Å². The second kappa shape index (κ2) is 4.56. The summed E-state index contributed by atoms with van der Waals surface area (Å²) in [6.45, 7) is 0. The van der Waals surface area contributed by atoms with Gasteiger partial charge in [0.2, 0.25) is 0 Å². The van der Waals surface area contributed by atoms with E-state index in [-0.39, 0.29) is 0 Å². The maximum atomic E-state index is 5.96. The van der Waals surface area contributed by atoms with Crippen molar-refractivity contribution in [3.63, 3.8) is 0 Å². The normalized spacial score (nSPS) is 10.0. The van der Waals surface area contributed by atoms with E-state index in [4.69, 9.17) is 27.9 Å². The smallest absolute Gasteiger partial charge is 0.146 e. The summed E-state index contributed by atoms with van der Waals surface area (Å²) in [5.74, 6) is 1.30. The second-order valence-corrected chi connectivity index (χ2v) is 3.83. The SMILES string of the molecule is Clc1cccc(Oc2ccccc2Cl)c1. The van der Waals surface area contributed by atoms with E-state index in [1.807, 2.05) is 30.3 Å². The number of halogens is 2. The Labute approximate surface area is 98.2 Å². The van der Waals surface area contributed by atoms with Crippen molar-refractivity contribution in [1.29, 1.82) is 0 Å². The molecular formula is C12H8Cl2O. The largest absolute Gasteiger partial charge is 0.456 e. The van der Waals surface area contributed by atoms with Crippen molar-refractivity contribution in [1.82, 2.24) is 0 Å². The molecular weight excluding hydrogens is 231 g/mol. The van der Waals surface area contributed by atoms with Crippen molar-refractivity contribution in [2.24, 2.45) is 0 Å². The molecule has 0 atom stereocenters. The molecule has 15 heavy (non-hydrogen) atoms. The van der Waals surface area contributed by atoms with E-state index in [9.17, 15) is 0 Å². The summed E-state index contributed by atoms with van der Waals surface area (Å²) in [7, 11) is 0. The molecule has 0 saturated carbocycles. The number of benzene rings is 2. The highest BCUT2D eigenvalue weighted by atomic mass is 35.5. The predicted octanol–water partition coefficient (Wildman–Crippen LogP) is 4.79. The lowest BCUT2D eigenvalue weighted by atomic mass is 10.3. The van der Waals surface area contributed by atoms with Crippen LogP contribution in [0.3, 0.4) is 0 Å². The zero-order valence-corrected chi connectivity index (χ0v) is 9.29. The Balaban J connectivity index is 2.26. The van der Waals surface area contributed by atoms with Crippen LogP contribution in [0.25, 0.3) is 0 Å². The Bertz CT molecular complexity index is 469. The van der Waals surface area contributed by atoms with Crippen LogP contribution in [0.1, 0.15) is 0 Å². The molecule has 0 saturated heterocycles. The summed E-state index contributed by atoms with van der Waals surface area (Å²) in [5, 5.41) is 1.22. The zero-order chi connectivity index (χ0) is 10.7. The maximum Gasteiger partial charge on any atom is 0.146 e. The highest BCUT2D eigenvalue weighted by Crippen LogP contribution is 2.29. The number of hydrogen-bond donors (Lipinski definition) is 0. The van der Waals surface area contributed by atoms with E-state index < -0.39 is 0 Å². The molecule has 0 bridgehead atoms. The highest BCUT2D eigenvalue weighted by molar-refractivity contribution is 6.32. The first-order chi connectivity index (χ1) is 7.25. The minimum atomic E-state index is 0.581. The van der Waals surface area contributed by atoms with Crippen LogP contribution in [0.15, 0.2) is 48.5 Å². The van der Waals surface area contributed by atoms with Crippen LogP contribution in [0, 0.1) is 0 Å². The van der Waals surface area contributed by atoms with Gasteiger partial charge in [0.25, 0.3) is 0 Å². The minimum Gasteiger partial charge on any atom is -0.456 e. The third-order valence-corrected chi connectivity index (χ3v) is 2.41. The number of rotatable bonds is 2. The first-order valence-corrected chi connectivity index (χ1v) is 5.19. The Morgan fingerprint density at radius 1 is 0.867 bits per heavy atom.